The van der Waals surface area contributed by atoms with E-state index < -0.39 is 0 Å². The fraction of sp³-hybridized carbons (Fsp3) is 0.389. The molecule has 1 saturated heterocycles. The van der Waals surface area contributed by atoms with Crippen LogP contribution in [-0.4, -0.2) is 28.9 Å². The zero-order valence-corrected chi connectivity index (χ0v) is 14.7. The number of amides is 1. The average Bonchev–Trinajstić information content (AvgIpc) is 3.01. The molecular formula is C18H22BrN3O. The van der Waals surface area contributed by atoms with Crippen molar-refractivity contribution in [2.45, 2.75) is 32.4 Å². The lowest BCUT2D eigenvalue weighted by molar-refractivity contribution is 0.0946. The number of likely N-dealkylation sites (tertiary alicyclic amines) is 1. The molecule has 0 saturated carbocycles. The van der Waals surface area contributed by atoms with Gasteiger partial charge in [0.05, 0.1) is 0 Å². The van der Waals surface area contributed by atoms with E-state index in [1.54, 1.807) is 12.3 Å². The number of aromatic amines is 1. The van der Waals surface area contributed by atoms with Gasteiger partial charge in [-0.2, -0.15) is 0 Å². The van der Waals surface area contributed by atoms with E-state index in [1.807, 2.05) is 0 Å². The van der Waals surface area contributed by atoms with Crippen LogP contribution in [0.2, 0.25) is 0 Å². The molecule has 2 heterocycles. The van der Waals surface area contributed by atoms with Gasteiger partial charge in [-0.3, -0.25) is 9.69 Å². The highest BCUT2D eigenvalue weighted by Crippen LogP contribution is 2.14. The number of hydrogen-bond donors (Lipinski definition) is 2. The summed E-state index contributed by atoms with van der Waals surface area (Å²) in [5, 5.41) is 2.93. The number of halogens is 1. The molecule has 23 heavy (non-hydrogen) atoms. The summed E-state index contributed by atoms with van der Waals surface area (Å²) in [4.78, 5) is 17.4. The Morgan fingerprint density at radius 2 is 1.83 bits per heavy atom. The van der Waals surface area contributed by atoms with Crippen molar-refractivity contribution in [3.63, 3.8) is 0 Å². The maximum absolute atomic E-state index is 12.0. The predicted octanol–water partition coefficient (Wildman–Crippen LogP) is 3.69. The smallest absolute Gasteiger partial charge is 0.267 e. The Bertz CT molecular complexity index is 645. The van der Waals surface area contributed by atoms with Gasteiger partial charge in [0.25, 0.3) is 5.91 Å². The molecule has 1 amide bonds. The molecule has 1 aliphatic heterocycles. The molecule has 4 nitrogen and oxygen atoms in total. The Morgan fingerprint density at radius 3 is 2.48 bits per heavy atom. The average molecular weight is 376 g/mol. The first kappa shape index (κ1) is 16.3. The fourth-order valence-corrected chi connectivity index (χ4v) is 3.26. The van der Waals surface area contributed by atoms with Gasteiger partial charge in [-0.1, -0.05) is 30.7 Å². The van der Waals surface area contributed by atoms with Crippen LogP contribution in [0, 0.1) is 0 Å². The number of carbonyl (C=O) groups excluding carboxylic acids is 1. The number of benzene rings is 1. The van der Waals surface area contributed by atoms with Gasteiger partial charge in [-0.05, 0) is 59.1 Å². The number of hydrogen-bond acceptors (Lipinski definition) is 2. The number of aromatic nitrogens is 1. The second-order valence-corrected chi connectivity index (χ2v) is 6.98. The minimum atomic E-state index is -0.0897. The van der Waals surface area contributed by atoms with Crippen molar-refractivity contribution in [3.8, 4) is 0 Å². The van der Waals surface area contributed by atoms with E-state index >= 15 is 0 Å². The lowest BCUT2D eigenvalue weighted by atomic mass is 10.1. The third kappa shape index (κ3) is 4.69. The van der Waals surface area contributed by atoms with Crippen LogP contribution in [0.25, 0.3) is 0 Å². The topological polar surface area (TPSA) is 48.1 Å². The van der Waals surface area contributed by atoms with Crippen LogP contribution < -0.4 is 5.32 Å². The summed E-state index contributed by atoms with van der Waals surface area (Å²) >= 11 is 3.33. The van der Waals surface area contributed by atoms with E-state index in [9.17, 15) is 4.79 Å². The van der Waals surface area contributed by atoms with Gasteiger partial charge in [0.2, 0.25) is 0 Å². The maximum Gasteiger partial charge on any atom is 0.267 e. The van der Waals surface area contributed by atoms with E-state index in [1.165, 1.54) is 37.9 Å². The fourth-order valence-electron chi connectivity index (χ4n) is 2.91. The highest BCUT2D eigenvalue weighted by atomic mass is 79.9. The van der Waals surface area contributed by atoms with Gasteiger partial charge in [0.1, 0.15) is 5.69 Å². The molecule has 0 aliphatic carbocycles. The predicted molar refractivity (Wildman–Crippen MR) is 95.2 cm³/mol. The van der Waals surface area contributed by atoms with Crippen LogP contribution in [0.5, 0.6) is 0 Å². The Balaban J connectivity index is 1.50. The summed E-state index contributed by atoms with van der Waals surface area (Å²) < 4.78 is 0.879. The van der Waals surface area contributed by atoms with Crippen molar-refractivity contribution in [1.82, 2.24) is 15.2 Å². The summed E-state index contributed by atoms with van der Waals surface area (Å²) in [5.41, 5.74) is 3.03. The zero-order valence-electron chi connectivity index (χ0n) is 13.1. The minimum absolute atomic E-state index is 0.0897. The van der Waals surface area contributed by atoms with E-state index in [2.05, 4.69) is 55.4 Å². The minimum Gasteiger partial charge on any atom is -0.356 e. The van der Waals surface area contributed by atoms with Crippen molar-refractivity contribution < 1.29 is 4.79 Å². The Kier molecular flexibility index (Phi) is 5.51. The maximum atomic E-state index is 12.0. The van der Waals surface area contributed by atoms with Crippen LogP contribution in [0.4, 0.5) is 0 Å². The normalized spacial score (nSPS) is 15.5. The quantitative estimate of drug-likeness (QED) is 0.836. The highest BCUT2D eigenvalue weighted by Gasteiger charge is 2.10. The molecular weight excluding hydrogens is 354 g/mol. The molecule has 1 aliphatic rings. The number of H-pyrrole nitrogens is 1. The molecule has 2 aromatic rings. The molecule has 2 N–H and O–H groups in total. The molecule has 0 bridgehead atoms. The first-order chi connectivity index (χ1) is 11.2. The largest absolute Gasteiger partial charge is 0.356 e. The standard InChI is InChI=1S/C18H22BrN3O/c19-16-10-17(20-12-16)18(23)21-11-14-4-6-15(7-5-14)13-22-8-2-1-3-9-22/h4-7,10,12,20H,1-3,8-9,11,13H2,(H,21,23). The molecule has 0 radical (unpaired) electrons. The van der Waals surface area contributed by atoms with Gasteiger partial charge >= 0.3 is 0 Å². The first-order valence-corrected chi connectivity index (χ1v) is 8.92. The first-order valence-electron chi connectivity index (χ1n) is 8.13. The highest BCUT2D eigenvalue weighted by molar-refractivity contribution is 9.10. The van der Waals surface area contributed by atoms with Gasteiger partial charge in [0, 0.05) is 23.8 Å². The Morgan fingerprint density at radius 1 is 1.13 bits per heavy atom. The van der Waals surface area contributed by atoms with E-state index in [-0.39, 0.29) is 5.91 Å². The zero-order chi connectivity index (χ0) is 16.1. The SMILES string of the molecule is O=C(NCc1ccc(CN2CCCCC2)cc1)c1cc(Br)c[nH]1. The van der Waals surface area contributed by atoms with Gasteiger partial charge < -0.3 is 10.3 Å². The monoisotopic (exact) mass is 375 g/mol. The number of carbonyl (C=O) groups is 1. The van der Waals surface area contributed by atoms with Crippen molar-refractivity contribution in [2.24, 2.45) is 0 Å². The second kappa shape index (κ2) is 7.79. The molecule has 122 valence electrons. The molecule has 1 fully saturated rings. The third-order valence-corrected chi connectivity index (χ3v) is 4.68. The number of nitrogens with zero attached hydrogens (tertiary/aromatic N) is 1. The third-order valence-electron chi connectivity index (χ3n) is 4.22. The van der Waals surface area contributed by atoms with Crippen molar-refractivity contribution in [2.75, 3.05) is 13.1 Å². The van der Waals surface area contributed by atoms with Crippen LogP contribution in [0.15, 0.2) is 41.0 Å². The molecule has 1 aromatic carbocycles. The lowest BCUT2D eigenvalue weighted by Crippen LogP contribution is -2.29. The van der Waals surface area contributed by atoms with Crippen molar-refractivity contribution in [3.05, 3.63) is 57.8 Å². The van der Waals surface area contributed by atoms with Crippen molar-refractivity contribution >= 4 is 21.8 Å². The van der Waals surface area contributed by atoms with E-state index in [0.29, 0.717) is 12.2 Å². The Hall–Kier alpha value is -1.59. The Labute approximate surface area is 145 Å². The van der Waals surface area contributed by atoms with Crippen LogP contribution in [-0.2, 0) is 13.1 Å². The summed E-state index contributed by atoms with van der Waals surface area (Å²) in [6.45, 7) is 4.00. The van der Waals surface area contributed by atoms with Crippen LogP contribution >= 0.6 is 15.9 Å². The van der Waals surface area contributed by atoms with Gasteiger partial charge in [0.15, 0.2) is 0 Å². The second-order valence-electron chi connectivity index (χ2n) is 6.07. The number of piperidine rings is 1. The van der Waals surface area contributed by atoms with E-state index in [0.717, 1.165) is 16.6 Å². The molecule has 3 rings (SSSR count). The van der Waals surface area contributed by atoms with Gasteiger partial charge in [-0.15, -0.1) is 0 Å². The summed E-state index contributed by atoms with van der Waals surface area (Å²) in [7, 11) is 0. The van der Waals surface area contributed by atoms with Crippen LogP contribution in [0.1, 0.15) is 40.9 Å². The molecule has 0 unspecified atom stereocenters. The number of nitrogens with one attached hydrogen (secondary N) is 2. The number of rotatable bonds is 5. The van der Waals surface area contributed by atoms with Crippen molar-refractivity contribution in [1.29, 1.82) is 0 Å². The summed E-state index contributed by atoms with van der Waals surface area (Å²) in [6, 6.07) is 10.3. The van der Waals surface area contributed by atoms with E-state index in [4.69, 9.17) is 0 Å². The van der Waals surface area contributed by atoms with Gasteiger partial charge in [-0.25, -0.2) is 0 Å². The lowest BCUT2D eigenvalue weighted by Gasteiger charge is -2.26. The molecule has 5 heteroatoms. The summed E-state index contributed by atoms with van der Waals surface area (Å²) in [5.74, 6) is -0.0897. The van der Waals surface area contributed by atoms with Crippen LogP contribution in [0.3, 0.4) is 0 Å². The summed E-state index contributed by atoms with van der Waals surface area (Å²) in [6.07, 6.45) is 5.76. The molecule has 0 spiro atoms. The molecule has 1 aromatic heterocycles. The molecule has 0 atom stereocenters.